The fourth-order valence-electron chi connectivity index (χ4n) is 2.67. The van der Waals surface area contributed by atoms with Crippen molar-refractivity contribution in [3.63, 3.8) is 0 Å². The Kier molecular flexibility index (Phi) is 4.07. The summed E-state index contributed by atoms with van der Waals surface area (Å²) in [5.74, 6) is 1.29. The van der Waals surface area contributed by atoms with E-state index in [-0.39, 0.29) is 5.82 Å². The van der Waals surface area contributed by atoms with E-state index in [2.05, 4.69) is 9.97 Å². The van der Waals surface area contributed by atoms with Gasteiger partial charge in [-0.1, -0.05) is 23.7 Å². The molecule has 2 aromatic heterocycles. The first-order valence-corrected chi connectivity index (χ1v) is 8.15. The molecule has 0 amide bonds. The molecule has 1 N–H and O–H groups in total. The van der Waals surface area contributed by atoms with E-state index in [1.54, 1.807) is 24.5 Å². The van der Waals surface area contributed by atoms with E-state index in [1.807, 2.05) is 35.0 Å². The topological polar surface area (TPSA) is 46.5 Å². The minimum Gasteiger partial charge on any atom is -0.343 e. The van der Waals surface area contributed by atoms with E-state index in [4.69, 9.17) is 16.6 Å². The van der Waals surface area contributed by atoms with Gasteiger partial charge in [0.25, 0.3) is 0 Å². The minimum absolute atomic E-state index is 0.249. The number of aromatic nitrogens is 4. The van der Waals surface area contributed by atoms with Gasteiger partial charge in [0.1, 0.15) is 17.3 Å². The summed E-state index contributed by atoms with van der Waals surface area (Å²) in [6.07, 6.45) is 5.96. The van der Waals surface area contributed by atoms with Crippen LogP contribution in [0.5, 0.6) is 0 Å². The Labute approximate surface area is 149 Å². The van der Waals surface area contributed by atoms with Crippen LogP contribution in [0.15, 0.2) is 67.1 Å². The number of rotatable bonds is 4. The van der Waals surface area contributed by atoms with Crippen LogP contribution < -0.4 is 0 Å². The van der Waals surface area contributed by atoms with Crippen molar-refractivity contribution in [2.24, 2.45) is 0 Å². The van der Waals surface area contributed by atoms with Gasteiger partial charge in [-0.05, 0) is 42.0 Å². The Hall–Kier alpha value is -2.92. The molecule has 0 saturated carbocycles. The first kappa shape index (κ1) is 15.6. The maximum absolute atomic E-state index is 13.2. The van der Waals surface area contributed by atoms with Gasteiger partial charge < -0.3 is 9.55 Å². The molecule has 0 saturated heterocycles. The molecule has 4 rings (SSSR count). The van der Waals surface area contributed by atoms with Crippen LogP contribution in [0, 0.1) is 5.82 Å². The van der Waals surface area contributed by atoms with Gasteiger partial charge >= 0.3 is 0 Å². The lowest BCUT2D eigenvalue weighted by Crippen LogP contribution is -2.01. The minimum atomic E-state index is -0.249. The molecule has 124 valence electrons. The zero-order chi connectivity index (χ0) is 17.2. The zero-order valence-corrected chi connectivity index (χ0v) is 13.9. The van der Waals surface area contributed by atoms with Crippen molar-refractivity contribution in [1.29, 1.82) is 0 Å². The summed E-state index contributed by atoms with van der Waals surface area (Å²) in [7, 11) is 0. The average molecular weight is 353 g/mol. The average Bonchev–Trinajstić information content (AvgIpc) is 3.27. The number of nitrogens with one attached hydrogen (secondary N) is 1. The number of H-pyrrole nitrogens is 1. The highest BCUT2D eigenvalue weighted by molar-refractivity contribution is 6.30. The van der Waals surface area contributed by atoms with Gasteiger partial charge in [-0.15, -0.1) is 0 Å². The summed E-state index contributed by atoms with van der Waals surface area (Å²) < 4.78 is 15.1. The van der Waals surface area contributed by atoms with Crippen molar-refractivity contribution in [2.45, 2.75) is 6.42 Å². The molecule has 25 heavy (non-hydrogen) atoms. The molecule has 2 heterocycles. The largest absolute Gasteiger partial charge is 0.343 e. The summed E-state index contributed by atoms with van der Waals surface area (Å²) in [5.41, 5.74) is 2.68. The Morgan fingerprint density at radius 1 is 1.04 bits per heavy atom. The van der Waals surface area contributed by atoms with Crippen LogP contribution in [-0.4, -0.2) is 19.5 Å². The van der Waals surface area contributed by atoms with Crippen molar-refractivity contribution >= 4 is 11.6 Å². The fourth-order valence-corrected chi connectivity index (χ4v) is 2.80. The van der Waals surface area contributed by atoms with Crippen LogP contribution in [-0.2, 0) is 6.42 Å². The van der Waals surface area contributed by atoms with E-state index in [1.165, 1.54) is 12.1 Å². The summed E-state index contributed by atoms with van der Waals surface area (Å²) in [6.45, 7) is 0. The van der Waals surface area contributed by atoms with Crippen LogP contribution in [0.4, 0.5) is 4.39 Å². The molecular weight excluding hydrogens is 339 g/mol. The Morgan fingerprint density at radius 2 is 1.80 bits per heavy atom. The second-order valence-corrected chi connectivity index (χ2v) is 6.07. The van der Waals surface area contributed by atoms with Crippen molar-refractivity contribution in [3.8, 4) is 17.2 Å². The second-order valence-electron chi connectivity index (χ2n) is 5.63. The summed E-state index contributed by atoms with van der Waals surface area (Å²) in [4.78, 5) is 12.0. The molecule has 4 nitrogen and oxygen atoms in total. The first-order valence-electron chi connectivity index (χ1n) is 7.77. The van der Waals surface area contributed by atoms with Crippen molar-refractivity contribution in [2.75, 3.05) is 0 Å². The summed E-state index contributed by atoms with van der Waals surface area (Å²) in [5, 5.41) is 0.676. The SMILES string of the molecule is Fc1ccc(Cc2nc(-c3ncc[nH]3)cn2-c2ccc(Cl)cc2)cc1. The standard InChI is InChI=1S/C19H14ClFN4/c20-14-3-7-16(8-4-14)25-12-17(19-22-9-10-23-19)24-18(25)11-13-1-5-15(21)6-2-13/h1-10,12H,11H2,(H,22,23). The van der Waals surface area contributed by atoms with Gasteiger partial charge in [0.15, 0.2) is 5.82 Å². The molecule has 4 aromatic rings. The van der Waals surface area contributed by atoms with Gasteiger partial charge in [-0.25, -0.2) is 14.4 Å². The van der Waals surface area contributed by atoms with Gasteiger partial charge in [-0.2, -0.15) is 0 Å². The smallest absolute Gasteiger partial charge is 0.157 e. The number of hydrogen-bond acceptors (Lipinski definition) is 2. The van der Waals surface area contributed by atoms with Crippen molar-refractivity contribution < 1.29 is 4.39 Å². The highest BCUT2D eigenvalue weighted by Crippen LogP contribution is 2.22. The number of aromatic amines is 1. The molecule has 0 aliphatic heterocycles. The fraction of sp³-hybridized carbons (Fsp3) is 0.0526. The maximum atomic E-state index is 13.2. The predicted molar refractivity (Wildman–Crippen MR) is 95.4 cm³/mol. The molecule has 6 heteroatoms. The highest BCUT2D eigenvalue weighted by Gasteiger charge is 2.13. The quantitative estimate of drug-likeness (QED) is 0.581. The van der Waals surface area contributed by atoms with E-state index in [0.717, 1.165) is 22.8 Å². The lowest BCUT2D eigenvalue weighted by molar-refractivity contribution is 0.627. The van der Waals surface area contributed by atoms with Gasteiger partial charge in [-0.3, -0.25) is 0 Å². The molecular formula is C19H14ClFN4. The molecule has 0 radical (unpaired) electrons. The van der Waals surface area contributed by atoms with Gasteiger partial charge in [0, 0.05) is 35.7 Å². The molecule has 2 aromatic carbocycles. The van der Waals surface area contributed by atoms with Crippen LogP contribution in [0.1, 0.15) is 11.4 Å². The molecule has 0 aliphatic carbocycles. The van der Waals surface area contributed by atoms with E-state index in [0.29, 0.717) is 17.3 Å². The van der Waals surface area contributed by atoms with Crippen LogP contribution in [0.25, 0.3) is 17.2 Å². The van der Waals surface area contributed by atoms with E-state index < -0.39 is 0 Å². The number of hydrogen-bond donors (Lipinski definition) is 1. The molecule has 0 spiro atoms. The molecule has 0 unspecified atom stereocenters. The monoisotopic (exact) mass is 352 g/mol. The number of benzene rings is 2. The molecule has 0 atom stereocenters. The first-order chi connectivity index (χ1) is 12.2. The summed E-state index contributed by atoms with van der Waals surface area (Å²) in [6, 6.07) is 14.0. The Morgan fingerprint density at radius 3 is 2.48 bits per heavy atom. The van der Waals surface area contributed by atoms with Gasteiger partial charge in [0.05, 0.1) is 0 Å². The van der Waals surface area contributed by atoms with Crippen LogP contribution >= 0.6 is 11.6 Å². The predicted octanol–water partition coefficient (Wildman–Crippen LogP) is 4.65. The van der Waals surface area contributed by atoms with Crippen molar-refractivity contribution in [3.05, 3.63) is 89.3 Å². The van der Waals surface area contributed by atoms with Crippen LogP contribution in [0.2, 0.25) is 5.02 Å². The Bertz CT molecular complexity index is 973. The lowest BCUT2D eigenvalue weighted by Gasteiger charge is -2.08. The molecule has 0 bridgehead atoms. The second kappa shape index (κ2) is 6.53. The summed E-state index contributed by atoms with van der Waals surface area (Å²) >= 11 is 5.99. The van der Waals surface area contributed by atoms with E-state index in [9.17, 15) is 4.39 Å². The highest BCUT2D eigenvalue weighted by atomic mass is 35.5. The maximum Gasteiger partial charge on any atom is 0.157 e. The van der Waals surface area contributed by atoms with Gasteiger partial charge in [0.2, 0.25) is 0 Å². The Balaban J connectivity index is 1.77. The third kappa shape index (κ3) is 3.32. The molecule has 0 aliphatic rings. The zero-order valence-electron chi connectivity index (χ0n) is 13.2. The lowest BCUT2D eigenvalue weighted by atomic mass is 10.1. The van der Waals surface area contributed by atoms with Crippen molar-refractivity contribution in [1.82, 2.24) is 19.5 Å². The number of halogens is 2. The van der Waals surface area contributed by atoms with E-state index >= 15 is 0 Å². The normalized spacial score (nSPS) is 11.0. The molecule has 0 fully saturated rings. The number of imidazole rings is 2. The third-order valence-electron chi connectivity index (χ3n) is 3.90. The third-order valence-corrected chi connectivity index (χ3v) is 4.15. The number of nitrogens with zero attached hydrogens (tertiary/aromatic N) is 3. The van der Waals surface area contributed by atoms with Crippen LogP contribution in [0.3, 0.4) is 0 Å².